The van der Waals surface area contributed by atoms with E-state index < -0.39 is 0 Å². The van der Waals surface area contributed by atoms with Crippen LogP contribution in [0.1, 0.15) is 215 Å². The summed E-state index contributed by atoms with van der Waals surface area (Å²) >= 11 is 0. The van der Waals surface area contributed by atoms with Gasteiger partial charge in [0.15, 0.2) is 24.8 Å². The van der Waals surface area contributed by atoms with E-state index in [2.05, 4.69) is 463 Å². The SMILES string of the molecule is Cc1ccc2c(oc3cc4c(cc32)-c2ccccc2C4(C(C)C)C(C)C)c1-c1cccc[n+]1C.Cc1ccc2c(oc3cc4c(cc32)-c2ccccc2C4(CC(C)(C)C)CC(C)(C)C)c1-c1cccc[n+]1C.Cc1ccc2c(oc3cc4c(cc32)-c2ccccc2C4(CC(C)C)CC(C)C)c1-c1cccc[n+]1C.Cc1ccc2c(oc3cc4c(cc32)-c2ccccc2C42CCCC2)c1-c1cccc[n+]1C. The maximum atomic E-state index is 6.84. The van der Waals surface area contributed by atoms with E-state index in [1.54, 1.807) is 0 Å². The zero-order chi connectivity index (χ0) is 97.4. The summed E-state index contributed by atoms with van der Waals surface area (Å²) in [5.74, 6) is 2.14. The summed E-state index contributed by atoms with van der Waals surface area (Å²) < 4.78 is 35.8. The average molecular weight is 1840 g/mol. The van der Waals surface area contributed by atoms with Crippen molar-refractivity contribution in [3.8, 4) is 89.5 Å². The van der Waals surface area contributed by atoms with Gasteiger partial charge in [0.1, 0.15) is 72.9 Å². The molecule has 1 spiro atoms. The van der Waals surface area contributed by atoms with Crippen molar-refractivity contribution in [3.05, 3.63) is 358 Å². The lowest BCUT2D eigenvalue weighted by Crippen LogP contribution is -2.37. The van der Waals surface area contributed by atoms with Gasteiger partial charge in [0.25, 0.3) is 0 Å². The third-order valence-electron chi connectivity index (χ3n) is 32.5. The van der Waals surface area contributed by atoms with Crippen molar-refractivity contribution in [1.82, 2.24) is 0 Å². The number of aromatic nitrogens is 4. The minimum atomic E-state index is -0.0553. The van der Waals surface area contributed by atoms with E-state index in [9.17, 15) is 0 Å². The van der Waals surface area contributed by atoms with E-state index in [1.807, 2.05) is 0 Å². The molecule has 12 aromatic carbocycles. The molecule has 702 valence electrons. The van der Waals surface area contributed by atoms with Gasteiger partial charge >= 0.3 is 0 Å². The van der Waals surface area contributed by atoms with Gasteiger partial charge in [-0.15, -0.1) is 0 Å². The first kappa shape index (κ1) is 91.5. The van der Waals surface area contributed by atoms with Crippen molar-refractivity contribution in [2.24, 2.45) is 62.7 Å². The molecule has 5 aliphatic carbocycles. The van der Waals surface area contributed by atoms with Crippen molar-refractivity contribution in [3.63, 3.8) is 0 Å². The van der Waals surface area contributed by atoms with Crippen LogP contribution in [0.3, 0.4) is 0 Å². The molecule has 25 rings (SSSR count). The molecule has 140 heavy (non-hydrogen) atoms. The van der Waals surface area contributed by atoms with E-state index in [0.29, 0.717) is 23.7 Å². The fourth-order valence-corrected chi connectivity index (χ4v) is 27.4. The van der Waals surface area contributed by atoms with E-state index in [0.717, 1.165) is 70.3 Å². The number of pyridine rings is 4. The Morgan fingerprint density at radius 1 is 0.271 bits per heavy atom. The molecule has 0 unspecified atom stereocenters. The monoisotopic (exact) mass is 1840 g/mol. The first-order chi connectivity index (χ1) is 67.2. The highest BCUT2D eigenvalue weighted by molar-refractivity contribution is 6.16. The molecule has 5 aliphatic rings. The zero-order valence-corrected chi connectivity index (χ0v) is 86.1. The Bertz CT molecular complexity index is 8380. The lowest BCUT2D eigenvalue weighted by atomic mass is 9.62. The molecule has 0 aliphatic heterocycles. The Balaban J connectivity index is 0.000000107. The highest BCUT2D eigenvalue weighted by Gasteiger charge is 2.52. The molecule has 0 amide bonds. The predicted molar refractivity (Wildman–Crippen MR) is 580 cm³/mol. The summed E-state index contributed by atoms with van der Waals surface area (Å²) in [6.45, 7) is 41.9. The van der Waals surface area contributed by atoms with Gasteiger partial charge in [-0.3, -0.25) is 0 Å². The number of hydrogen-bond donors (Lipinski definition) is 0. The summed E-state index contributed by atoms with van der Waals surface area (Å²) in [5.41, 5.74) is 45.6. The number of hydrogen-bond acceptors (Lipinski definition) is 4. The van der Waals surface area contributed by atoms with Gasteiger partial charge in [-0.05, 0) is 285 Å². The largest absolute Gasteiger partial charge is 0.455 e. The number of nitrogens with zero attached hydrogens (tertiary/aromatic N) is 4. The highest BCUT2D eigenvalue weighted by atomic mass is 16.3. The van der Waals surface area contributed by atoms with E-state index >= 15 is 0 Å². The standard InChI is InChI=1S/C36H40NO.C34H36NO.C32H32NO.C30H26NO/c1-23-16-17-25-27-19-26-24-13-9-10-14-28(24)36(21-34(2,3)4,22-35(5,6)7)29(26)20-31(27)38-33(25)32(23)30-15-11-12-18-37(30)8;1-21(2)19-34(20-22(3)4)28-12-8-7-11-24(28)26-17-27-25-15-14-23(5)32(30-13-9-10-16-35(30)6)33(25)36-31(27)18-29(26)34;1-19(2)32(20(3)4)26-12-8-7-11-22(26)24-17-25-23-15-14-21(5)30(28-13-9-10-16-33(28)6)31(23)34-29(25)18-27(24)32;1-19-12-13-21-23-17-22-20-9-3-4-10-24(20)30(14-6-7-15-30)25(22)18-27(23)32-29(21)28(19)26-11-5-8-16-31(26)2/h9-20H,21-22H2,1-8H3;7-18,21-22H,19-20H2,1-6H3;7-20H,1-6H3;3-5,8-13,16-18H,6-7,14-15H2,1-2H3/q4*+1. The number of aryl methyl sites for hydroxylation is 8. The maximum Gasteiger partial charge on any atom is 0.216 e. The second-order valence-electron chi connectivity index (χ2n) is 45.8. The quantitative estimate of drug-likeness (QED) is 0.114. The van der Waals surface area contributed by atoms with Crippen LogP contribution in [0, 0.1) is 62.2 Å². The van der Waals surface area contributed by atoms with Crippen LogP contribution in [-0.2, 0) is 49.9 Å². The first-order valence-electron chi connectivity index (χ1n) is 51.4. The fraction of sp³-hybridized carbons (Fsp3) is 0.303. The van der Waals surface area contributed by atoms with Gasteiger partial charge in [-0.2, -0.15) is 0 Å². The summed E-state index contributed by atoms with van der Waals surface area (Å²) in [5, 5.41) is 9.62. The van der Waals surface area contributed by atoms with Gasteiger partial charge < -0.3 is 17.7 Å². The van der Waals surface area contributed by atoms with Crippen LogP contribution in [0.4, 0.5) is 0 Å². The van der Waals surface area contributed by atoms with Gasteiger partial charge in [0.2, 0.25) is 22.8 Å². The molecule has 8 aromatic heterocycles. The smallest absolute Gasteiger partial charge is 0.216 e. The summed E-state index contributed by atoms with van der Waals surface area (Å²) in [6, 6.07) is 98.8. The Morgan fingerprint density at radius 2 is 0.543 bits per heavy atom. The van der Waals surface area contributed by atoms with Crippen molar-refractivity contribution in [1.29, 1.82) is 0 Å². The van der Waals surface area contributed by atoms with Gasteiger partial charge in [-0.25, -0.2) is 18.3 Å². The molecule has 0 N–H and O–H groups in total. The second kappa shape index (κ2) is 34.2. The van der Waals surface area contributed by atoms with Gasteiger partial charge in [0, 0.05) is 113 Å². The Morgan fingerprint density at radius 3 is 0.871 bits per heavy atom. The summed E-state index contributed by atoms with van der Waals surface area (Å²) in [4.78, 5) is 0. The summed E-state index contributed by atoms with van der Waals surface area (Å²) in [7, 11) is 8.41. The molecule has 0 radical (unpaired) electrons. The van der Waals surface area contributed by atoms with Crippen molar-refractivity contribution >= 4 is 87.8 Å². The van der Waals surface area contributed by atoms with Crippen molar-refractivity contribution < 1.29 is 35.9 Å². The molecule has 0 atom stereocenters. The fourth-order valence-electron chi connectivity index (χ4n) is 27.4. The normalized spacial score (nSPS) is 14.8. The molecule has 1 saturated carbocycles. The average Bonchev–Trinajstić information content (AvgIpc) is 1.55. The molecule has 8 heteroatoms. The van der Waals surface area contributed by atoms with Crippen LogP contribution in [-0.4, -0.2) is 0 Å². The molecule has 8 heterocycles. The Hall–Kier alpha value is -13.6. The van der Waals surface area contributed by atoms with Crippen molar-refractivity contribution in [2.45, 2.75) is 198 Å². The number of fused-ring (bicyclic) bond motifs is 26. The van der Waals surface area contributed by atoms with E-state index in [-0.39, 0.29) is 32.5 Å². The van der Waals surface area contributed by atoms with Crippen LogP contribution in [0.15, 0.2) is 309 Å². The molecule has 8 nitrogen and oxygen atoms in total. The molecular weight excluding hydrogens is 1710 g/mol. The number of furan rings is 4. The molecule has 0 bridgehead atoms. The van der Waals surface area contributed by atoms with Crippen LogP contribution >= 0.6 is 0 Å². The van der Waals surface area contributed by atoms with Crippen LogP contribution < -0.4 is 18.3 Å². The topological polar surface area (TPSA) is 68.1 Å². The number of benzene rings is 12. The van der Waals surface area contributed by atoms with Crippen LogP contribution in [0.5, 0.6) is 0 Å². The minimum absolute atomic E-state index is 0.0199. The van der Waals surface area contributed by atoms with Crippen LogP contribution in [0.25, 0.3) is 177 Å². The van der Waals surface area contributed by atoms with Gasteiger partial charge in [-0.1, -0.05) is 255 Å². The lowest BCUT2D eigenvalue weighted by molar-refractivity contribution is -0.660. The predicted octanol–water partition coefficient (Wildman–Crippen LogP) is 33.5. The molecule has 20 aromatic rings. The van der Waals surface area contributed by atoms with E-state index in [1.165, 1.54) is 225 Å². The number of rotatable bonds is 12. The van der Waals surface area contributed by atoms with E-state index in [4.69, 9.17) is 17.7 Å². The lowest BCUT2D eigenvalue weighted by Gasteiger charge is -2.42. The Labute approximate surface area is 826 Å². The highest BCUT2D eigenvalue weighted by Crippen LogP contribution is 2.64. The first-order valence-corrected chi connectivity index (χ1v) is 51.4. The Kier molecular flexibility index (Phi) is 22.3. The molecular formula is C132H134N4O4+4. The van der Waals surface area contributed by atoms with Crippen molar-refractivity contribution in [2.75, 3.05) is 0 Å². The summed E-state index contributed by atoms with van der Waals surface area (Å²) in [6.07, 6.45) is 18.0. The molecule has 1 fully saturated rings. The zero-order valence-electron chi connectivity index (χ0n) is 86.1. The maximum absolute atomic E-state index is 6.84. The van der Waals surface area contributed by atoms with Gasteiger partial charge in [0.05, 0.1) is 22.3 Å². The minimum Gasteiger partial charge on any atom is -0.455 e. The van der Waals surface area contributed by atoms with Crippen LogP contribution in [0.2, 0.25) is 0 Å². The third-order valence-corrected chi connectivity index (χ3v) is 32.5. The molecule has 0 saturated heterocycles. The third kappa shape index (κ3) is 14.5. The second-order valence-corrected chi connectivity index (χ2v) is 45.8.